The quantitative estimate of drug-likeness (QED) is 0.429. The van der Waals surface area contributed by atoms with Gasteiger partial charge in [0, 0.05) is 22.1 Å². The molecule has 4 rings (SSSR count). The van der Waals surface area contributed by atoms with Crippen LogP contribution in [0.2, 0.25) is 5.02 Å². The molecule has 5 heteroatoms. The number of para-hydroxylation sites is 1. The Bertz CT molecular complexity index is 1080. The molecule has 3 aromatic carbocycles. The van der Waals surface area contributed by atoms with E-state index in [0.717, 1.165) is 27.9 Å². The van der Waals surface area contributed by atoms with Gasteiger partial charge in [-0.25, -0.2) is 0 Å². The average Bonchev–Trinajstić information content (AvgIpc) is 3.02. The lowest BCUT2D eigenvalue weighted by molar-refractivity contribution is 0.306. The fourth-order valence-corrected chi connectivity index (χ4v) is 2.92. The molecule has 0 saturated carbocycles. The number of ether oxygens (including phenoxy) is 1. The number of nitrogens with zero attached hydrogens (tertiary/aromatic N) is 1. The van der Waals surface area contributed by atoms with Crippen molar-refractivity contribution >= 4 is 34.4 Å². The van der Waals surface area contributed by atoms with Gasteiger partial charge in [0.1, 0.15) is 12.4 Å². The minimum Gasteiger partial charge on any atom is -0.494 e. The number of rotatable bonds is 5. The number of nitrogens with one attached hydrogen (secondary N) is 1. The minimum absolute atomic E-state index is 0.114. The molecule has 0 saturated heterocycles. The van der Waals surface area contributed by atoms with E-state index in [2.05, 4.69) is 9.98 Å². The summed E-state index contributed by atoms with van der Waals surface area (Å²) in [7, 11) is 0. The van der Waals surface area contributed by atoms with E-state index in [4.69, 9.17) is 16.3 Å². The summed E-state index contributed by atoms with van der Waals surface area (Å²) < 4.78 is 5.77. The first-order chi connectivity index (χ1) is 13.2. The van der Waals surface area contributed by atoms with Gasteiger partial charge in [-0.1, -0.05) is 41.9 Å². The number of aromatic nitrogens is 1. The summed E-state index contributed by atoms with van der Waals surface area (Å²) in [5.41, 5.74) is 3.38. The van der Waals surface area contributed by atoms with Crippen LogP contribution in [-0.2, 0) is 6.61 Å². The molecule has 27 heavy (non-hydrogen) atoms. The van der Waals surface area contributed by atoms with Crippen LogP contribution in [0.4, 0.5) is 5.69 Å². The van der Waals surface area contributed by atoms with Crippen LogP contribution < -0.4 is 4.74 Å². The Kier molecular flexibility index (Phi) is 4.81. The summed E-state index contributed by atoms with van der Waals surface area (Å²) in [4.78, 5) is 7.40. The summed E-state index contributed by atoms with van der Waals surface area (Å²) in [6.07, 6.45) is 1.66. The van der Waals surface area contributed by atoms with Crippen molar-refractivity contribution in [3.63, 3.8) is 0 Å². The second-order valence-electron chi connectivity index (χ2n) is 6.10. The van der Waals surface area contributed by atoms with E-state index in [9.17, 15) is 5.11 Å². The number of hydrogen-bond donors (Lipinski definition) is 2. The third-order valence-electron chi connectivity index (χ3n) is 4.22. The SMILES string of the molecule is Oc1[nH]c2ccccc2c1C=Nc1ccc(OCc2ccc(Cl)cc2)cc1. The van der Waals surface area contributed by atoms with Gasteiger partial charge in [-0.3, -0.25) is 4.99 Å². The molecule has 1 heterocycles. The second-order valence-corrected chi connectivity index (χ2v) is 6.54. The minimum atomic E-state index is 0.114. The van der Waals surface area contributed by atoms with Gasteiger partial charge in [0.25, 0.3) is 0 Å². The fourth-order valence-electron chi connectivity index (χ4n) is 2.79. The van der Waals surface area contributed by atoms with Gasteiger partial charge in [-0.15, -0.1) is 0 Å². The Balaban J connectivity index is 1.45. The molecule has 1 aromatic heterocycles. The predicted molar refractivity (Wildman–Crippen MR) is 109 cm³/mol. The zero-order valence-corrected chi connectivity index (χ0v) is 15.1. The molecule has 134 valence electrons. The molecule has 0 fully saturated rings. The molecule has 4 nitrogen and oxygen atoms in total. The Morgan fingerprint density at radius 3 is 2.48 bits per heavy atom. The summed E-state index contributed by atoms with van der Waals surface area (Å²) in [6, 6.07) is 22.8. The number of aromatic hydroxyl groups is 1. The maximum absolute atomic E-state index is 10.1. The first-order valence-corrected chi connectivity index (χ1v) is 8.88. The molecule has 0 unspecified atom stereocenters. The van der Waals surface area contributed by atoms with Crippen molar-refractivity contribution in [2.24, 2.45) is 4.99 Å². The van der Waals surface area contributed by atoms with E-state index >= 15 is 0 Å². The van der Waals surface area contributed by atoms with Crippen molar-refractivity contribution in [2.75, 3.05) is 0 Å². The summed E-state index contributed by atoms with van der Waals surface area (Å²) in [6.45, 7) is 0.475. The zero-order valence-electron chi connectivity index (χ0n) is 14.4. The van der Waals surface area contributed by atoms with E-state index < -0.39 is 0 Å². The number of aliphatic imine (C=N–C) groups is 1. The van der Waals surface area contributed by atoms with E-state index in [1.54, 1.807) is 6.21 Å². The number of fused-ring (bicyclic) bond motifs is 1. The highest BCUT2D eigenvalue weighted by molar-refractivity contribution is 6.30. The third-order valence-corrected chi connectivity index (χ3v) is 4.48. The standard InChI is InChI=1S/C22H17ClN2O2/c23-16-7-5-15(6-8-16)14-27-18-11-9-17(10-12-18)24-13-20-19-3-1-2-4-21(19)25-22(20)26/h1-13,25-26H,14H2. The van der Waals surface area contributed by atoms with Gasteiger partial charge in [-0.05, 0) is 48.0 Å². The highest BCUT2D eigenvalue weighted by Crippen LogP contribution is 2.26. The van der Waals surface area contributed by atoms with Crippen molar-refractivity contribution in [1.82, 2.24) is 4.98 Å². The molecule has 0 bridgehead atoms. The molecule has 0 atom stereocenters. The van der Waals surface area contributed by atoms with Crippen molar-refractivity contribution in [3.8, 4) is 11.6 Å². The van der Waals surface area contributed by atoms with E-state index in [1.165, 1.54) is 0 Å². The van der Waals surface area contributed by atoms with Crippen LogP contribution in [0, 0.1) is 0 Å². The van der Waals surface area contributed by atoms with Crippen LogP contribution >= 0.6 is 11.6 Å². The van der Waals surface area contributed by atoms with Crippen molar-refractivity contribution in [1.29, 1.82) is 0 Å². The van der Waals surface area contributed by atoms with Gasteiger partial charge in [0.15, 0.2) is 5.88 Å². The smallest absolute Gasteiger partial charge is 0.198 e. The molecule has 0 aliphatic rings. The molecule has 0 aliphatic heterocycles. The predicted octanol–water partition coefficient (Wildman–Crippen LogP) is 5.86. The first-order valence-electron chi connectivity index (χ1n) is 8.50. The van der Waals surface area contributed by atoms with Crippen molar-refractivity contribution in [3.05, 3.63) is 88.9 Å². The first kappa shape index (κ1) is 17.2. The maximum Gasteiger partial charge on any atom is 0.198 e. The molecule has 0 radical (unpaired) electrons. The van der Waals surface area contributed by atoms with Gasteiger partial charge in [0.2, 0.25) is 0 Å². The average molecular weight is 377 g/mol. The number of aromatic amines is 1. The molecule has 0 aliphatic carbocycles. The van der Waals surface area contributed by atoms with Crippen LogP contribution in [-0.4, -0.2) is 16.3 Å². The normalized spacial score (nSPS) is 11.3. The topological polar surface area (TPSA) is 57.6 Å². The molecule has 2 N–H and O–H groups in total. The summed E-state index contributed by atoms with van der Waals surface area (Å²) >= 11 is 5.88. The molecular weight excluding hydrogens is 360 g/mol. The molecule has 0 spiro atoms. The van der Waals surface area contributed by atoms with Gasteiger partial charge in [0.05, 0.1) is 11.3 Å². The van der Waals surface area contributed by atoms with Crippen LogP contribution in [0.15, 0.2) is 77.8 Å². The largest absolute Gasteiger partial charge is 0.494 e. The van der Waals surface area contributed by atoms with E-state index in [1.807, 2.05) is 72.8 Å². The van der Waals surface area contributed by atoms with Crippen LogP contribution in [0.5, 0.6) is 11.6 Å². The number of hydrogen-bond acceptors (Lipinski definition) is 3. The third kappa shape index (κ3) is 3.96. The highest BCUT2D eigenvalue weighted by atomic mass is 35.5. The highest BCUT2D eigenvalue weighted by Gasteiger charge is 2.07. The van der Waals surface area contributed by atoms with Crippen LogP contribution in [0.3, 0.4) is 0 Å². The molecule has 0 amide bonds. The van der Waals surface area contributed by atoms with Crippen molar-refractivity contribution < 1.29 is 9.84 Å². The van der Waals surface area contributed by atoms with Gasteiger partial charge < -0.3 is 14.8 Å². The molecular formula is C22H17ClN2O2. The Morgan fingerprint density at radius 2 is 1.70 bits per heavy atom. The van der Waals surface area contributed by atoms with Crippen molar-refractivity contribution in [2.45, 2.75) is 6.61 Å². The lowest BCUT2D eigenvalue weighted by Crippen LogP contribution is -1.94. The summed E-state index contributed by atoms with van der Waals surface area (Å²) in [5, 5.41) is 11.7. The monoisotopic (exact) mass is 376 g/mol. The van der Waals surface area contributed by atoms with E-state index in [-0.39, 0.29) is 5.88 Å². The van der Waals surface area contributed by atoms with E-state index in [0.29, 0.717) is 17.2 Å². The number of benzene rings is 3. The van der Waals surface area contributed by atoms with Gasteiger partial charge >= 0.3 is 0 Å². The Labute approximate surface area is 161 Å². The second kappa shape index (κ2) is 7.56. The number of H-pyrrole nitrogens is 1. The Hall–Kier alpha value is -3.24. The lowest BCUT2D eigenvalue weighted by Gasteiger charge is -2.06. The maximum atomic E-state index is 10.1. The van der Waals surface area contributed by atoms with Gasteiger partial charge in [-0.2, -0.15) is 0 Å². The fraction of sp³-hybridized carbons (Fsp3) is 0.0455. The molecule has 4 aromatic rings. The summed E-state index contributed by atoms with van der Waals surface area (Å²) in [5.74, 6) is 0.877. The van der Waals surface area contributed by atoms with Crippen LogP contribution in [0.1, 0.15) is 11.1 Å². The Morgan fingerprint density at radius 1 is 0.963 bits per heavy atom. The number of halogens is 1. The van der Waals surface area contributed by atoms with Crippen LogP contribution in [0.25, 0.3) is 10.9 Å². The zero-order chi connectivity index (χ0) is 18.6. The lowest BCUT2D eigenvalue weighted by atomic mass is 10.2.